The Bertz CT molecular complexity index is 200. The molecule has 1 aliphatic carbocycles. The van der Waals surface area contributed by atoms with Crippen molar-refractivity contribution in [1.82, 2.24) is 5.32 Å². The van der Waals surface area contributed by atoms with Gasteiger partial charge in [0.2, 0.25) is 5.91 Å². The first kappa shape index (κ1) is 13.5. The molecule has 0 aliphatic heterocycles. The van der Waals surface area contributed by atoms with E-state index >= 15 is 0 Å². The second-order valence-electron chi connectivity index (χ2n) is 4.61. The molecule has 1 unspecified atom stereocenters. The van der Waals surface area contributed by atoms with Crippen molar-refractivity contribution in [3.8, 4) is 0 Å². The Morgan fingerprint density at radius 2 is 2.06 bits per heavy atom. The van der Waals surface area contributed by atoms with Gasteiger partial charge in [0.15, 0.2) is 0 Å². The van der Waals surface area contributed by atoms with Gasteiger partial charge in [0.25, 0.3) is 0 Å². The Kier molecular flexibility index (Phi) is 6.46. The lowest BCUT2D eigenvalue weighted by Crippen LogP contribution is -2.30. The molecular formula is C13H25NO2. The molecule has 94 valence electrons. The van der Waals surface area contributed by atoms with Crippen molar-refractivity contribution in [3.05, 3.63) is 0 Å². The van der Waals surface area contributed by atoms with Gasteiger partial charge in [-0.05, 0) is 26.2 Å². The summed E-state index contributed by atoms with van der Waals surface area (Å²) < 4.78 is 6.01. The predicted octanol–water partition coefficient (Wildman–Crippen LogP) is 2.64. The molecule has 3 nitrogen and oxygen atoms in total. The van der Waals surface area contributed by atoms with Crippen molar-refractivity contribution in [2.75, 3.05) is 6.54 Å². The van der Waals surface area contributed by atoms with Crippen LogP contribution < -0.4 is 5.32 Å². The summed E-state index contributed by atoms with van der Waals surface area (Å²) in [6, 6.07) is 0. The molecule has 3 heteroatoms. The Morgan fingerprint density at radius 3 is 2.62 bits per heavy atom. The molecule has 0 saturated heterocycles. The van der Waals surface area contributed by atoms with Crippen LogP contribution in [0.25, 0.3) is 0 Å². The van der Waals surface area contributed by atoms with E-state index in [4.69, 9.17) is 4.74 Å². The zero-order chi connectivity index (χ0) is 11.8. The van der Waals surface area contributed by atoms with Crippen LogP contribution >= 0.6 is 0 Å². The molecule has 0 aromatic carbocycles. The Hall–Kier alpha value is -0.570. The van der Waals surface area contributed by atoms with Gasteiger partial charge in [0.05, 0.1) is 18.6 Å². The zero-order valence-electron chi connectivity index (χ0n) is 10.6. The van der Waals surface area contributed by atoms with E-state index in [0.717, 1.165) is 12.8 Å². The second-order valence-corrected chi connectivity index (χ2v) is 4.61. The first-order valence-electron chi connectivity index (χ1n) is 6.68. The quantitative estimate of drug-likeness (QED) is 0.726. The minimum Gasteiger partial charge on any atom is -0.374 e. The van der Waals surface area contributed by atoms with Crippen molar-refractivity contribution in [2.24, 2.45) is 0 Å². The normalized spacial score (nSPS) is 18.6. The summed E-state index contributed by atoms with van der Waals surface area (Å²) in [6.45, 7) is 4.80. The maximum Gasteiger partial charge on any atom is 0.222 e. The predicted molar refractivity (Wildman–Crippen MR) is 65.3 cm³/mol. The molecular weight excluding hydrogens is 202 g/mol. The minimum atomic E-state index is 0.124. The molecule has 1 atom stereocenters. The summed E-state index contributed by atoms with van der Waals surface area (Å²) >= 11 is 0. The molecule has 0 radical (unpaired) electrons. The number of amides is 1. The van der Waals surface area contributed by atoms with Gasteiger partial charge in [-0.1, -0.05) is 26.2 Å². The van der Waals surface area contributed by atoms with Crippen LogP contribution in [-0.4, -0.2) is 24.7 Å². The van der Waals surface area contributed by atoms with Gasteiger partial charge in [-0.3, -0.25) is 4.79 Å². The number of rotatable bonds is 7. The molecule has 0 spiro atoms. The van der Waals surface area contributed by atoms with Crippen molar-refractivity contribution in [2.45, 2.75) is 71.0 Å². The highest BCUT2D eigenvalue weighted by Gasteiger charge is 2.21. The third-order valence-corrected chi connectivity index (χ3v) is 3.08. The topological polar surface area (TPSA) is 38.3 Å². The van der Waals surface area contributed by atoms with Crippen LogP contribution in [-0.2, 0) is 9.53 Å². The van der Waals surface area contributed by atoms with Crippen LogP contribution in [0, 0.1) is 0 Å². The number of ether oxygens (including phenoxy) is 1. The van der Waals surface area contributed by atoms with Crippen molar-refractivity contribution >= 4 is 5.91 Å². The molecule has 0 bridgehead atoms. The summed E-state index contributed by atoms with van der Waals surface area (Å²) in [4.78, 5) is 11.5. The average molecular weight is 227 g/mol. The van der Waals surface area contributed by atoms with E-state index in [1.54, 1.807) is 0 Å². The first-order chi connectivity index (χ1) is 7.76. The molecule has 1 amide bonds. The average Bonchev–Trinajstić information content (AvgIpc) is 2.71. The maximum absolute atomic E-state index is 11.5. The number of nitrogens with one attached hydrogen (secondary N) is 1. The Morgan fingerprint density at radius 1 is 1.38 bits per heavy atom. The van der Waals surface area contributed by atoms with Crippen LogP contribution in [0.15, 0.2) is 0 Å². The summed E-state index contributed by atoms with van der Waals surface area (Å²) in [7, 11) is 0. The smallest absolute Gasteiger partial charge is 0.222 e. The fourth-order valence-corrected chi connectivity index (χ4v) is 2.31. The standard InChI is InChI=1S/C13H25NO2/c1-3-7-12(10-13(15)14-4-2)16-11-8-5-6-9-11/h11-12H,3-10H2,1-2H3,(H,14,15). The highest BCUT2D eigenvalue weighted by molar-refractivity contribution is 5.76. The van der Waals surface area contributed by atoms with Gasteiger partial charge in [-0.2, -0.15) is 0 Å². The third kappa shape index (κ3) is 4.97. The van der Waals surface area contributed by atoms with Gasteiger partial charge < -0.3 is 10.1 Å². The van der Waals surface area contributed by atoms with E-state index < -0.39 is 0 Å². The SMILES string of the molecule is CCCC(CC(=O)NCC)OC1CCCC1. The summed E-state index contributed by atoms with van der Waals surface area (Å²) in [5, 5.41) is 2.84. The van der Waals surface area contributed by atoms with Gasteiger partial charge in [-0.15, -0.1) is 0 Å². The molecule has 1 saturated carbocycles. The molecule has 1 aliphatic rings. The van der Waals surface area contributed by atoms with Crippen LogP contribution in [0.2, 0.25) is 0 Å². The van der Waals surface area contributed by atoms with Crippen LogP contribution in [0.3, 0.4) is 0 Å². The molecule has 0 aromatic heterocycles. The zero-order valence-corrected chi connectivity index (χ0v) is 10.6. The van der Waals surface area contributed by atoms with Crippen LogP contribution in [0.1, 0.15) is 58.8 Å². The summed E-state index contributed by atoms with van der Waals surface area (Å²) in [6.07, 6.45) is 8.05. The fourth-order valence-electron chi connectivity index (χ4n) is 2.31. The summed E-state index contributed by atoms with van der Waals surface area (Å²) in [5.41, 5.74) is 0. The lowest BCUT2D eigenvalue weighted by molar-refractivity contribution is -0.125. The fraction of sp³-hybridized carbons (Fsp3) is 0.923. The van der Waals surface area contributed by atoms with Crippen LogP contribution in [0.5, 0.6) is 0 Å². The Labute approximate surface area is 98.9 Å². The Balaban J connectivity index is 2.30. The monoisotopic (exact) mass is 227 g/mol. The number of hydrogen-bond donors (Lipinski definition) is 1. The van der Waals surface area contributed by atoms with Crippen molar-refractivity contribution < 1.29 is 9.53 Å². The molecule has 0 heterocycles. The lowest BCUT2D eigenvalue weighted by atomic mass is 10.1. The van der Waals surface area contributed by atoms with Crippen molar-refractivity contribution in [3.63, 3.8) is 0 Å². The van der Waals surface area contributed by atoms with E-state index in [2.05, 4.69) is 12.2 Å². The molecule has 0 aromatic rings. The molecule has 1 N–H and O–H groups in total. The van der Waals surface area contributed by atoms with Gasteiger partial charge >= 0.3 is 0 Å². The first-order valence-corrected chi connectivity index (χ1v) is 6.68. The highest BCUT2D eigenvalue weighted by atomic mass is 16.5. The maximum atomic E-state index is 11.5. The lowest BCUT2D eigenvalue weighted by Gasteiger charge is -2.21. The highest BCUT2D eigenvalue weighted by Crippen LogP contribution is 2.24. The number of carbonyl (C=O) groups excluding carboxylic acids is 1. The number of carbonyl (C=O) groups is 1. The van der Waals surface area contributed by atoms with Gasteiger partial charge in [0, 0.05) is 6.54 Å². The molecule has 1 fully saturated rings. The second kappa shape index (κ2) is 7.66. The van der Waals surface area contributed by atoms with E-state index in [-0.39, 0.29) is 12.0 Å². The van der Waals surface area contributed by atoms with E-state index in [1.165, 1.54) is 25.7 Å². The van der Waals surface area contributed by atoms with Crippen LogP contribution in [0.4, 0.5) is 0 Å². The van der Waals surface area contributed by atoms with Gasteiger partial charge in [-0.25, -0.2) is 0 Å². The molecule has 1 rings (SSSR count). The third-order valence-electron chi connectivity index (χ3n) is 3.08. The van der Waals surface area contributed by atoms with E-state index in [9.17, 15) is 4.79 Å². The number of hydrogen-bond acceptors (Lipinski definition) is 2. The van der Waals surface area contributed by atoms with Gasteiger partial charge in [0.1, 0.15) is 0 Å². The summed E-state index contributed by atoms with van der Waals surface area (Å²) in [5.74, 6) is 0.124. The van der Waals surface area contributed by atoms with E-state index in [1.807, 2.05) is 6.92 Å². The van der Waals surface area contributed by atoms with Crippen molar-refractivity contribution in [1.29, 1.82) is 0 Å². The minimum absolute atomic E-state index is 0.124. The molecule has 16 heavy (non-hydrogen) atoms. The van der Waals surface area contributed by atoms with E-state index in [0.29, 0.717) is 19.1 Å². The largest absolute Gasteiger partial charge is 0.374 e.